The maximum Gasteiger partial charge on any atom is 0.410 e. The molecule has 2 unspecified atom stereocenters. The minimum Gasteiger partial charge on any atom is -0.444 e. The molecule has 0 radical (unpaired) electrons. The third-order valence-electron chi connectivity index (χ3n) is 4.75. The smallest absolute Gasteiger partial charge is 0.410 e. The van der Waals surface area contributed by atoms with Gasteiger partial charge in [-0.1, -0.05) is 6.07 Å². The van der Waals surface area contributed by atoms with Gasteiger partial charge in [0.2, 0.25) is 5.91 Å². The number of ether oxygens (including phenoxy) is 1. The van der Waals surface area contributed by atoms with Gasteiger partial charge >= 0.3 is 6.09 Å². The fourth-order valence-corrected chi connectivity index (χ4v) is 4.84. The van der Waals surface area contributed by atoms with E-state index in [2.05, 4.69) is 16.4 Å². The minimum atomic E-state index is -0.547. The number of nitrogens with one attached hydrogen (secondary N) is 1. The maximum absolute atomic E-state index is 12.4. The number of nitriles is 1. The average molecular weight is 415 g/mol. The Bertz CT molecular complexity index is 842. The van der Waals surface area contributed by atoms with Crippen LogP contribution >= 0.6 is 11.8 Å². The average Bonchev–Trinajstić information content (AvgIpc) is 3.01. The summed E-state index contributed by atoms with van der Waals surface area (Å²) in [5, 5.41) is 12.3. The van der Waals surface area contributed by atoms with Crippen molar-refractivity contribution in [2.75, 3.05) is 13.1 Å². The van der Waals surface area contributed by atoms with E-state index in [0.29, 0.717) is 32.4 Å². The molecule has 0 aromatic carbocycles. The quantitative estimate of drug-likeness (QED) is 0.813. The lowest BCUT2D eigenvalue weighted by Gasteiger charge is -2.30. The summed E-state index contributed by atoms with van der Waals surface area (Å²) in [5.41, 5.74) is 1.49. The van der Waals surface area contributed by atoms with E-state index in [-0.39, 0.29) is 23.3 Å². The first-order valence-electron chi connectivity index (χ1n) is 9.71. The molecule has 1 aromatic rings. The van der Waals surface area contributed by atoms with Crippen LogP contribution in [0, 0.1) is 17.2 Å². The van der Waals surface area contributed by atoms with E-state index in [4.69, 9.17) is 4.74 Å². The van der Waals surface area contributed by atoms with Crippen LogP contribution in [-0.2, 0) is 16.0 Å². The molecule has 154 valence electrons. The molecule has 8 heteroatoms. The van der Waals surface area contributed by atoms with Gasteiger partial charge in [-0.25, -0.2) is 4.79 Å². The van der Waals surface area contributed by atoms with Crippen molar-refractivity contribution in [2.45, 2.75) is 51.0 Å². The third-order valence-corrected chi connectivity index (χ3v) is 6.07. The molecule has 2 amide bonds. The van der Waals surface area contributed by atoms with E-state index >= 15 is 0 Å². The van der Waals surface area contributed by atoms with Gasteiger partial charge in [0.1, 0.15) is 5.60 Å². The van der Waals surface area contributed by atoms with Crippen molar-refractivity contribution in [3.63, 3.8) is 0 Å². The zero-order valence-electron chi connectivity index (χ0n) is 17.0. The number of hydrogen-bond donors (Lipinski definition) is 1. The number of carbonyl (C=O) groups is 2. The van der Waals surface area contributed by atoms with Gasteiger partial charge in [0, 0.05) is 30.3 Å². The fourth-order valence-electron chi connectivity index (χ4n) is 3.37. The van der Waals surface area contributed by atoms with Crippen LogP contribution in [0.1, 0.15) is 39.2 Å². The predicted octanol–water partition coefficient (Wildman–Crippen LogP) is 3.24. The van der Waals surface area contributed by atoms with Crippen molar-refractivity contribution < 1.29 is 14.3 Å². The van der Waals surface area contributed by atoms with Gasteiger partial charge < -0.3 is 15.0 Å². The number of hydrogen-bond acceptors (Lipinski definition) is 6. The van der Waals surface area contributed by atoms with Crippen molar-refractivity contribution in [3.8, 4) is 6.07 Å². The van der Waals surface area contributed by atoms with Gasteiger partial charge in [-0.15, -0.1) is 11.8 Å². The second-order valence-electron chi connectivity index (χ2n) is 8.17. The van der Waals surface area contributed by atoms with E-state index < -0.39 is 5.60 Å². The molecule has 7 nitrogen and oxygen atoms in total. The Morgan fingerprint density at radius 3 is 2.90 bits per heavy atom. The van der Waals surface area contributed by atoms with E-state index in [1.807, 2.05) is 32.9 Å². The number of carbonyl (C=O) groups excluding carboxylic acids is 2. The van der Waals surface area contributed by atoms with Crippen molar-refractivity contribution in [1.29, 1.82) is 5.26 Å². The fraction of sp³-hybridized carbons (Fsp3) is 0.524. The number of thioether (sulfide) groups is 1. The maximum atomic E-state index is 12.4. The highest BCUT2D eigenvalue weighted by molar-refractivity contribution is 8.04. The summed E-state index contributed by atoms with van der Waals surface area (Å²) in [6, 6.07) is 6.12. The lowest BCUT2D eigenvalue weighted by atomic mass is 9.94. The first-order valence-corrected chi connectivity index (χ1v) is 10.6. The minimum absolute atomic E-state index is 0.0875. The van der Waals surface area contributed by atoms with E-state index in [0.717, 1.165) is 16.0 Å². The molecule has 1 N–H and O–H groups in total. The number of nitrogens with zero attached hydrogens (tertiary/aromatic N) is 3. The Hall–Kier alpha value is -2.53. The number of amides is 2. The molecule has 0 saturated carbocycles. The van der Waals surface area contributed by atoms with Crippen LogP contribution in [0.2, 0.25) is 0 Å². The summed E-state index contributed by atoms with van der Waals surface area (Å²) in [5.74, 6) is -0.450. The van der Waals surface area contributed by atoms with Crippen molar-refractivity contribution in [2.24, 2.45) is 5.92 Å². The van der Waals surface area contributed by atoms with Crippen LogP contribution in [-0.4, -0.2) is 45.9 Å². The van der Waals surface area contributed by atoms with Crippen molar-refractivity contribution in [1.82, 2.24) is 15.2 Å². The Morgan fingerprint density at radius 1 is 1.45 bits per heavy atom. The summed E-state index contributed by atoms with van der Waals surface area (Å²) >= 11 is 1.48. The Labute approximate surface area is 175 Å². The molecule has 2 atom stereocenters. The molecule has 0 aliphatic carbocycles. The zero-order valence-corrected chi connectivity index (χ0v) is 17.8. The molecule has 1 aromatic heterocycles. The van der Waals surface area contributed by atoms with Crippen LogP contribution in [0.15, 0.2) is 35.0 Å². The monoisotopic (exact) mass is 414 g/mol. The number of pyridine rings is 1. The molecule has 29 heavy (non-hydrogen) atoms. The Morgan fingerprint density at radius 2 is 2.24 bits per heavy atom. The molecule has 0 bridgehead atoms. The first-order chi connectivity index (χ1) is 13.8. The van der Waals surface area contributed by atoms with Crippen LogP contribution in [0.3, 0.4) is 0 Å². The second-order valence-corrected chi connectivity index (χ2v) is 9.41. The molecule has 2 aliphatic heterocycles. The van der Waals surface area contributed by atoms with Gasteiger partial charge in [0.25, 0.3) is 0 Å². The molecule has 0 fully saturated rings. The molecule has 3 heterocycles. The molecular weight excluding hydrogens is 388 g/mol. The zero-order chi connectivity index (χ0) is 21.0. The topological polar surface area (TPSA) is 95.3 Å². The normalized spacial score (nSPS) is 21.4. The summed E-state index contributed by atoms with van der Waals surface area (Å²) < 4.78 is 5.46. The number of rotatable bonds is 4. The lowest BCUT2D eigenvalue weighted by molar-refractivity contribution is -0.121. The highest BCUT2D eigenvalue weighted by Gasteiger charge is 2.40. The summed E-state index contributed by atoms with van der Waals surface area (Å²) in [4.78, 5) is 31.5. The molecule has 0 saturated heterocycles. The Kier molecular flexibility index (Phi) is 6.48. The van der Waals surface area contributed by atoms with Gasteiger partial charge in [0.05, 0.1) is 23.9 Å². The second kappa shape index (κ2) is 8.87. The summed E-state index contributed by atoms with van der Waals surface area (Å²) in [6.45, 7) is 6.47. The van der Waals surface area contributed by atoms with E-state index in [1.165, 1.54) is 11.8 Å². The number of aryl methyl sites for hydroxylation is 1. The summed E-state index contributed by atoms with van der Waals surface area (Å²) in [6.07, 6.45) is 4.68. The first kappa shape index (κ1) is 21.2. The van der Waals surface area contributed by atoms with Crippen molar-refractivity contribution in [3.05, 3.63) is 40.6 Å². The summed E-state index contributed by atoms with van der Waals surface area (Å²) in [7, 11) is 0. The van der Waals surface area contributed by atoms with Crippen LogP contribution in [0.5, 0.6) is 0 Å². The molecule has 0 spiro atoms. The SMILES string of the molecule is CC(C)(C)OC(=O)N1CCC2=C(C1)SC(NC(=O)CCc1cccnc1)C2C#N. The standard InChI is InChI=1S/C21H26N4O3S/c1-21(2,3)28-20(27)25-10-8-15-16(11-22)19(29-17(15)13-25)24-18(26)7-6-14-5-4-9-23-12-14/h4-5,9,12,16,19H,6-8,10,13H2,1-3H3,(H,24,26). The largest absolute Gasteiger partial charge is 0.444 e. The van der Waals surface area contributed by atoms with Crippen LogP contribution in [0.4, 0.5) is 4.79 Å². The predicted molar refractivity (Wildman–Crippen MR) is 111 cm³/mol. The highest BCUT2D eigenvalue weighted by Crippen LogP contribution is 2.44. The van der Waals surface area contributed by atoms with Gasteiger partial charge in [-0.3, -0.25) is 9.78 Å². The van der Waals surface area contributed by atoms with Crippen LogP contribution in [0.25, 0.3) is 0 Å². The van der Waals surface area contributed by atoms with Gasteiger partial charge in [0.15, 0.2) is 0 Å². The van der Waals surface area contributed by atoms with Crippen LogP contribution < -0.4 is 5.32 Å². The lowest BCUT2D eigenvalue weighted by Crippen LogP contribution is -2.40. The van der Waals surface area contributed by atoms with E-state index in [9.17, 15) is 14.9 Å². The van der Waals surface area contributed by atoms with Gasteiger partial charge in [-0.2, -0.15) is 5.26 Å². The Balaban J connectivity index is 1.57. The third kappa shape index (κ3) is 5.51. The van der Waals surface area contributed by atoms with E-state index in [1.54, 1.807) is 17.3 Å². The van der Waals surface area contributed by atoms with Crippen molar-refractivity contribution >= 4 is 23.8 Å². The molecular formula is C21H26N4O3S. The molecule has 3 rings (SSSR count). The highest BCUT2D eigenvalue weighted by atomic mass is 32.2. The van der Waals surface area contributed by atoms with Gasteiger partial charge in [-0.05, 0) is 50.8 Å². The molecule has 2 aliphatic rings. The number of aromatic nitrogens is 1.